The van der Waals surface area contributed by atoms with Crippen LogP contribution in [0.3, 0.4) is 0 Å². The van der Waals surface area contributed by atoms with E-state index >= 15 is 0 Å². The summed E-state index contributed by atoms with van der Waals surface area (Å²) in [5.74, 6) is 0.560. The summed E-state index contributed by atoms with van der Waals surface area (Å²) in [4.78, 5) is 0. The predicted octanol–water partition coefficient (Wildman–Crippen LogP) is 1.52. The minimum Gasteiger partial charge on any atom is -0.330 e. The van der Waals surface area contributed by atoms with E-state index in [-0.39, 0.29) is 5.82 Å². The minimum absolute atomic E-state index is 0.245. The number of nitrogens with zero attached hydrogens (tertiary/aromatic N) is 3. The number of pyridine rings is 1. The lowest BCUT2D eigenvalue weighted by Crippen LogP contribution is -2.06. The number of hydrogen-bond acceptors (Lipinski definition) is 3. The summed E-state index contributed by atoms with van der Waals surface area (Å²) in [6.07, 6.45) is 0.650. The van der Waals surface area contributed by atoms with E-state index in [1.165, 1.54) is 12.1 Å². The van der Waals surface area contributed by atoms with Crippen molar-refractivity contribution in [2.45, 2.75) is 6.42 Å². The van der Waals surface area contributed by atoms with Crippen LogP contribution in [0.2, 0.25) is 0 Å². The molecule has 2 N–H and O–H groups in total. The zero-order valence-electron chi connectivity index (χ0n) is 9.10. The third-order valence-corrected chi connectivity index (χ3v) is 2.77. The fraction of sp³-hybridized carbons (Fsp3) is 0.167. The molecule has 0 amide bonds. The Kier molecular flexibility index (Phi) is 2.26. The van der Waals surface area contributed by atoms with Gasteiger partial charge in [-0.1, -0.05) is 0 Å². The van der Waals surface area contributed by atoms with E-state index in [9.17, 15) is 4.39 Å². The van der Waals surface area contributed by atoms with Gasteiger partial charge in [-0.2, -0.15) is 0 Å². The van der Waals surface area contributed by atoms with Crippen molar-refractivity contribution in [2.24, 2.45) is 5.73 Å². The lowest BCUT2D eigenvalue weighted by molar-refractivity contribution is 0.629. The zero-order chi connectivity index (χ0) is 11.8. The van der Waals surface area contributed by atoms with Gasteiger partial charge in [0.05, 0.1) is 5.52 Å². The van der Waals surface area contributed by atoms with Gasteiger partial charge in [0.2, 0.25) is 0 Å². The second-order valence-corrected chi connectivity index (χ2v) is 3.88. The SMILES string of the molecule is NCCc1nnc2ccc3cc(F)ccc3n12. The van der Waals surface area contributed by atoms with Gasteiger partial charge in [-0.3, -0.25) is 4.40 Å². The molecule has 0 saturated carbocycles. The van der Waals surface area contributed by atoms with Crippen LogP contribution >= 0.6 is 0 Å². The van der Waals surface area contributed by atoms with Gasteiger partial charge in [-0.05, 0) is 36.9 Å². The molecule has 86 valence electrons. The van der Waals surface area contributed by atoms with Crippen LogP contribution in [0.4, 0.5) is 4.39 Å². The van der Waals surface area contributed by atoms with Gasteiger partial charge >= 0.3 is 0 Å². The molecule has 2 aromatic heterocycles. The molecule has 0 spiro atoms. The van der Waals surface area contributed by atoms with E-state index in [0.29, 0.717) is 13.0 Å². The van der Waals surface area contributed by atoms with Gasteiger partial charge in [0.25, 0.3) is 0 Å². The number of nitrogens with two attached hydrogens (primary N) is 1. The Morgan fingerprint density at radius 3 is 2.88 bits per heavy atom. The van der Waals surface area contributed by atoms with Crippen LogP contribution in [0.25, 0.3) is 16.6 Å². The Hall–Kier alpha value is -2.01. The molecule has 2 heterocycles. The van der Waals surface area contributed by atoms with Crippen molar-refractivity contribution in [3.05, 3.63) is 42.0 Å². The number of benzene rings is 1. The highest BCUT2D eigenvalue weighted by atomic mass is 19.1. The van der Waals surface area contributed by atoms with E-state index in [1.807, 2.05) is 16.5 Å². The molecule has 0 saturated heterocycles. The molecular formula is C12H11FN4. The highest BCUT2D eigenvalue weighted by Gasteiger charge is 2.08. The summed E-state index contributed by atoms with van der Waals surface area (Å²) in [6.45, 7) is 0.512. The number of halogens is 1. The highest BCUT2D eigenvalue weighted by Crippen LogP contribution is 2.18. The molecule has 1 aromatic carbocycles. The standard InChI is InChI=1S/C12H11FN4/c13-9-2-3-10-8(7-9)1-4-11-15-16-12(5-6-14)17(10)11/h1-4,7H,5-6,14H2. The van der Waals surface area contributed by atoms with Crippen LogP contribution in [0.1, 0.15) is 5.82 Å². The molecule has 4 nitrogen and oxygen atoms in total. The largest absolute Gasteiger partial charge is 0.330 e. The van der Waals surface area contributed by atoms with Crippen LogP contribution in [-0.2, 0) is 6.42 Å². The Morgan fingerprint density at radius 1 is 1.18 bits per heavy atom. The van der Waals surface area contributed by atoms with E-state index in [4.69, 9.17) is 5.73 Å². The van der Waals surface area contributed by atoms with E-state index in [0.717, 1.165) is 22.4 Å². The van der Waals surface area contributed by atoms with Crippen molar-refractivity contribution in [1.29, 1.82) is 0 Å². The molecule has 0 unspecified atom stereocenters. The maximum atomic E-state index is 13.2. The lowest BCUT2D eigenvalue weighted by Gasteiger charge is -2.04. The van der Waals surface area contributed by atoms with Crippen LogP contribution in [-0.4, -0.2) is 21.1 Å². The van der Waals surface area contributed by atoms with Gasteiger partial charge in [-0.15, -0.1) is 10.2 Å². The van der Waals surface area contributed by atoms with Crippen LogP contribution in [0.15, 0.2) is 30.3 Å². The van der Waals surface area contributed by atoms with Crippen molar-refractivity contribution in [1.82, 2.24) is 14.6 Å². The summed E-state index contributed by atoms with van der Waals surface area (Å²) in [7, 11) is 0. The average molecular weight is 230 g/mol. The third kappa shape index (κ3) is 1.55. The predicted molar refractivity (Wildman–Crippen MR) is 63.2 cm³/mol. The Labute approximate surface area is 96.9 Å². The van der Waals surface area contributed by atoms with Crippen molar-refractivity contribution in [3.63, 3.8) is 0 Å². The molecule has 3 aromatic rings. The lowest BCUT2D eigenvalue weighted by atomic mass is 10.2. The van der Waals surface area contributed by atoms with Gasteiger partial charge in [-0.25, -0.2) is 4.39 Å². The summed E-state index contributed by atoms with van der Waals surface area (Å²) in [5.41, 5.74) is 7.20. The zero-order valence-corrected chi connectivity index (χ0v) is 9.10. The van der Waals surface area contributed by atoms with Crippen LogP contribution < -0.4 is 5.73 Å². The first-order valence-electron chi connectivity index (χ1n) is 5.42. The first kappa shape index (κ1) is 10.2. The number of rotatable bonds is 2. The maximum Gasteiger partial charge on any atom is 0.161 e. The van der Waals surface area contributed by atoms with E-state index < -0.39 is 0 Å². The molecule has 0 atom stereocenters. The fourth-order valence-electron chi connectivity index (χ4n) is 2.02. The molecular weight excluding hydrogens is 219 g/mol. The second kappa shape index (κ2) is 3.78. The third-order valence-electron chi connectivity index (χ3n) is 2.77. The van der Waals surface area contributed by atoms with Crippen molar-refractivity contribution in [3.8, 4) is 0 Å². The van der Waals surface area contributed by atoms with Crippen LogP contribution in [0, 0.1) is 5.82 Å². The average Bonchev–Trinajstić information content (AvgIpc) is 2.73. The van der Waals surface area contributed by atoms with Gasteiger partial charge < -0.3 is 5.73 Å². The van der Waals surface area contributed by atoms with Crippen LogP contribution in [0.5, 0.6) is 0 Å². The van der Waals surface area contributed by atoms with E-state index in [1.54, 1.807) is 6.07 Å². The topological polar surface area (TPSA) is 56.2 Å². The molecule has 3 rings (SSSR count). The Balaban J connectivity index is 2.40. The first-order chi connectivity index (χ1) is 8.29. The molecule has 5 heteroatoms. The molecule has 0 aliphatic carbocycles. The van der Waals surface area contributed by atoms with Crippen molar-refractivity contribution < 1.29 is 4.39 Å². The normalized spacial score (nSPS) is 11.4. The number of aromatic nitrogens is 3. The van der Waals surface area contributed by atoms with Gasteiger partial charge in [0.15, 0.2) is 5.65 Å². The quantitative estimate of drug-likeness (QED) is 0.726. The molecule has 0 aliphatic heterocycles. The summed E-state index contributed by atoms with van der Waals surface area (Å²) in [6, 6.07) is 8.35. The molecule has 0 radical (unpaired) electrons. The molecule has 0 bridgehead atoms. The van der Waals surface area contributed by atoms with E-state index in [2.05, 4.69) is 10.2 Å². The summed E-state index contributed by atoms with van der Waals surface area (Å²) < 4.78 is 15.1. The highest BCUT2D eigenvalue weighted by molar-refractivity contribution is 5.82. The summed E-state index contributed by atoms with van der Waals surface area (Å²) >= 11 is 0. The smallest absolute Gasteiger partial charge is 0.161 e. The van der Waals surface area contributed by atoms with Gasteiger partial charge in [0.1, 0.15) is 11.6 Å². The summed E-state index contributed by atoms with van der Waals surface area (Å²) in [5, 5.41) is 9.00. The minimum atomic E-state index is -0.245. The Bertz CT molecular complexity index is 689. The second-order valence-electron chi connectivity index (χ2n) is 3.88. The molecule has 17 heavy (non-hydrogen) atoms. The van der Waals surface area contributed by atoms with Crippen molar-refractivity contribution >= 4 is 16.6 Å². The number of hydrogen-bond donors (Lipinski definition) is 1. The number of fused-ring (bicyclic) bond motifs is 3. The van der Waals surface area contributed by atoms with Gasteiger partial charge in [0, 0.05) is 11.8 Å². The fourth-order valence-corrected chi connectivity index (χ4v) is 2.02. The van der Waals surface area contributed by atoms with Crippen molar-refractivity contribution in [2.75, 3.05) is 6.54 Å². The Morgan fingerprint density at radius 2 is 2.06 bits per heavy atom. The molecule has 0 fully saturated rings. The molecule has 0 aliphatic rings. The maximum absolute atomic E-state index is 13.2. The first-order valence-corrected chi connectivity index (χ1v) is 5.42. The monoisotopic (exact) mass is 230 g/mol.